The topological polar surface area (TPSA) is 82.8 Å². The van der Waals surface area contributed by atoms with Gasteiger partial charge in [-0.05, 0) is 11.4 Å². The standard InChI is InChI=1S/C18H27N5O2S/c1-18(2,3)14-10-19-15(25-14)11-21-17(22-12-16(24)23(4)5)20-9-13-7-6-8-26-13/h6-8,10H,9,11-12H2,1-5H3,(H2,20,21,22). The molecule has 0 bridgehead atoms. The van der Waals surface area contributed by atoms with Gasteiger partial charge in [-0.2, -0.15) is 0 Å². The van der Waals surface area contributed by atoms with E-state index in [0.717, 1.165) is 5.76 Å². The Bertz CT molecular complexity index is 729. The van der Waals surface area contributed by atoms with Crippen LogP contribution in [0.15, 0.2) is 33.1 Å². The fourth-order valence-corrected chi connectivity index (χ4v) is 2.59. The van der Waals surface area contributed by atoms with E-state index in [2.05, 4.69) is 41.4 Å². The first-order valence-electron chi connectivity index (χ1n) is 8.45. The molecule has 0 saturated carbocycles. The van der Waals surface area contributed by atoms with Crippen LogP contribution in [0.5, 0.6) is 0 Å². The van der Waals surface area contributed by atoms with Crippen LogP contribution in [0.2, 0.25) is 0 Å². The Kier molecular flexibility index (Phi) is 6.79. The van der Waals surface area contributed by atoms with Gasteiger partial charge in [-0.25, -0.2) is 9.98 Å². The molecule has 0 spiro atoms. The molecule has 2 rings (SSSR count). The van der Waals surface area contributed by atoms with E-state index in [1.807, 2.05) is 17.5 Å². The molecule has 0 aliphatic heterocycles. The largest absolute Gasteiger partial charge is 0.443 e. The third kappa shape index (κ3) is 6.18. The van der Waals surface area contributed by atoms with Crippen LogP contribution >= 0.6 is 11.3 Å². The highest BCUT2D eigenvalue weighted by atomic mass is 32.1. The van der Waals surface area contributed by atoms with E-state index in [1.54, 1.807) is 31.6 Å². The number of carbonyl (C=O) groups is 1. The summed E-state index contributed by atoms with van der Waals surface area (Å²) < 4.78 is 5.78. The molecule has 0 saturated heterocycles. The Labute approximate surface area is 158 Å². The molecule has 7 nitrogen and oxygen atoms in total. The molecular weight excluding hydrogens is 350 g/mol. The highest BCUT2D eigenvalue weighted by Gasteiger charge is 2.19. The van der Waals surface area contributed by atoms with Gasteiger partial charge in [0.05, 0.1) is 19.3 Å². The number of amides is 1. The number of hydrogen-bond acceptors (Lipinski definition) is 5. The predicted octanol–water partition coefficient (Wildman–Crippen LogP) is 2.36. The van der Waals surface area contributed by atoms with Crippen LogP contribution in [0.1, 0.15) is 37.3 Å². The minimum Gasteiger partial charge on any atom is -0.443 e. The molecule has 0 aliphatic carbocycles. The van der Waals surface area contributed by atoms with Gasteiger partial charge in [0.2, 0.25) is 11.8 Å². The predicted molar refractivity (Wildman–Crippen MR) is 104 cm³/mol. The fourth-order valence-electron chi connectivity index (χ4n) is 1.94. The van der Waals surface area contributed by atoms with Crippen LogP contribution in [0.4, 0.5) is 0 Å². The number of nitrogens with one attached hydrogen (secondary N) is 2. The van der Waals surface area contributed by atoms with Gasteiger partial charge in [0.1, 0.15) is 12.3 Å². The summed E-state index contributed by atoms with van der Waals surface area (Å²) in [5.41, 5.74) is -0.0856. The fraction of sp³-hybridized carbons (Fsp3) is 0.500. The van der Waals surface area contributed by atoms with Gasteiger partial charge in [-0.3, -0.25) is 4.79 Å². The van der Waals surface area contributed by atoms with Gasteiger partial charge in [0.25, 0.3) is 0 Å². The van der Waals surface area contributed by atoms with E-state index < -0.39 is 0 Å². The van der Waals surface area contributed by atoms with E-state index in [0.29, 0.717) is 24.9 Å². The first-order chi connectivity index (χ1) is 12.3. The maximum absolute atomic E-state index is 11.8. The zero-order valence-corrected chi connectivity index (χ0v) is 16.8. The second kappa shape index (κ2) is 8.84. The number of aliphatic imine (C=N–C) groups is 1. The highest BCUT2D eigenvalue weighted by molar-refractivity contribution is 7.09. The smallest absolute Gasteiger partial charge is 0.243 e. The number of nitrogens with zero attached hydrogens (tertiary/aromatic N) is 3. The Hall–Kier alpha value is -2.35. The maximum atomic E-state index is 11.8. The maximum Gasteiger partial charge on any atom is 0.243 e. The van der Waals surface area contributed by atoms with Crippen LogP contribution in [0.3, 0.4) is 0 Å². The zero-order valence-electron chi connectivity index (χ0n) is 16.0. The second-order valence-corrected chi connectivity index (χ2v) is 8.14. The monoisotopic (exact) mass is 377 g/mol. The molecule has 0 fully saturated rings. The molecule has 0 atom stereocenters. The third-order valence-electron chi connectivity index (χ3n) is 3.58. The molecule has 0 aliphatic rings. The quantitative estimate of drug-likeness (QED) is 0.596. The Balaban J connectivity index is 1.99. The SMILES string of the molecule is CN(C)C(=O)CN=C(NCc1ncc(C(C)(C)C)o1)NCc1cccs1. The number of oxazole rings is 1. The number of aromatic nitrogens is 1. The van der Waals surface area contributed by atoms with Gasteiger partial charge >= 0.3 is 0 Å². The lowest BCUT2D eigenvalue weighted by Crippen LogP contribution is -2.37. The van der Waals surface area contributed by atoms with Gasteiger partial charge in [-0.1, -0.05) is 26.8 Å². The molecule has 142 valence electrons. The summed E-state index contributed by atoms with van der Waals surface area (Å²) in [6.45, 7) is 7.33. The Morgan fingerprint density at radius 1 is 1.31 bits per heavy atom. The molecule has 8 heteroatoms. The minimum absolute atomic E-state index is 0.0617. The van der Waals surface area contributed by atoms with Crippen LogP contribution in [0.25, 0.3) is 0 Å². The Morgan fingerprint density at radius 2 is 2.04 bits per heavy atom. The van der Waals surface area contributed by atoms with Crippen molar-refractivity contribution in [1.82, 2.24) is 20.5 Å². The number of carbonyl (C=O) groups excluding carboxylic acids is 1. The summed E-state index contributed by atoms with van der Waals surface area (Å²) in [5.74, 6) is 1.90. The van der Waals surface area contributed by atoms with Crippen molar-refractivity contribution in [2.24, 2.45) is 4.99 Å². The molecule has 2 aromatic rings. The lowest BCUT2D eigenvalue weighted by atomic mass is 9.94. The van der Waals surface area contributed by atoms with E-state index >= 15 is 0 Å². The van der Waals surface area contributed by atoms with Crippen molar-refractivity contribution in [3.63, 3.8) is 0 Å². The molecular formula is C18H27N5O2S. The average molecular weight is 378 g/mol. The molecule has 0 radical (unpaired) electrons. The summed E-state index contributed by atoms with van der Waals surface area (Å²) in [5, 5.41) is 8.43. The number of likely N-dealkylation sites (N-methyl/N-ethyl adjacent to an activating group) is 1. The summed E-state index contributed by atoms with van der Waals surface area (Å²) in [6.07, 6.45) is 1.75. The normalized spacial score (nSPS) is 12.1. The average Bonchev–Trinajstić information content (AvgIpc) is 3.24. The number of guanidine groups is 1. The van der Waals surface area contributed by atoms with E-state index in [9.17, 15) is 4.79 Å². The summed E-state index contributed by atoms with van der Waals surface area (Å²) in [7, 11) is 3.43. The molecule has 2 heterocycles. The van der Waals surface area contributed by atoms with Gasteiger partial charge in [-0.15, -0.1) is 11.3 Å². The third-order valence-corrected chi connectivity index (χ3v) is 4.46. The molecule has 0 unspecified atom stereocenters. The van der Waals surface area contributed by atoms with Crippen LogP contribution < -0.4 is 10.6 Å². The van der Waals surface area contributed by atoms with Crippen molar-refractivity contribution < 1.29 is 9.21 Å². The summed E-state index contributed by atoms with van der Waals surface area (Å²) >= 11 is 1.66. The van der Waals surface area contributed by atoms with Gasteiger partial charge in [0.15, 0.2) is 5.96 Å². The Morgan fingerprint density at radius 3 is 2.62 bits per heavy atom. The minimum atomic E-state index is -0.0856. The first kappa shape index (κ1) is 20.0. The van der Waals surface area contributed by atoms with Gasteiger partial charge in [0, 0.05) is 24.4 Å². The van der Waals surface area contributed by atoms with Crippen molar-refractivity contribution in [3.05, 3.63) is 40.2 Å². The number of thiophene rings is 1. The second-order valence-electron chi connectivity index (χ2n) is 7.11. The van der Waals surface area contributed by atoms with Crippen molar-refractivity contribution in [1.29, 1.82) is 0 Å². The van der Waals surface area contributed by atoms with Crippen molar-refractivity contribution in [2.45, 2.75) is 39.3 Å². The molecule has 26 heavy (non-hydrogen) atoms. The molecule has 1 amide bonds. The number of rotatable bonds is 6. The molecule has 0 aromatic carbocycles. The lowest BCUT2D eigenvalue weighted by molar-refractivity contribution is -0.127. The molecule has 2 aromatic heterocycles. The van der Waals surface area contributed by atoms with Crippen LogP contribution in [0, 0.1) is 0 Å². The van der Waals surface area contributed by atoms with Crippen LogP contribution in [-0.2, 0) is 23.3 Å². The van der Waals surface area contributed by atoms with Crippen molar-refractivity contribution >= 4 is 23.2 Å². The van der Waals surface area contributed by atoms with Crippen molar-refractivity contribution in [2.75, 3.05) is 20.6 Å². The van der Waals surface area contributed by atoms with Gasteiger partial charge < -0.3 is 20.0 Å². The number of hydrogen-bond donors (Lipinski definition) is 2. The first-order valence-corrected chi connectivity index (χ1v) is 9.33. The van der Waals surface area contributed by atoms with E-state index in [-0.39, 0.29) is 17.9 Å². The molecule has 2 N–H and O–H groups in total. The van der Waals surface area contributed by atoms with Crippen molar-refractivity contribution in [3.8, 4) is 0 Å². The lowest BCUT2D eigenvalue weighted by Gasteiger charge is -2.14. The summed E-state index contributed by atoms with van der Waals surface area (Å²) in [6, 6.07) is 4.05. The highest BCUT2D eigenvalue weighted by Crippen LogP contribution is 2.22. The van der Waals surface area contributed by atoms with E-state index in [4.69, 9.17) is 4.42 Å². The van der Waals surface area contributed by atoms with E-state index in [1.165, 1.54) is 9.78 Å². The summed E-state index contributed by atoms with van der Waals surface area (Å²) in [4.78, 5) is 23.2. The van der Waals surface area contributed by atoms with Crippen LogP contribution in [-0.4, -0.2) is 42.4 Å². The zero-order chi connectivity index (χ0) is 19.2.